The highest BCUT2D eigenvalue weighted by Crippen LogP contribution is 2.23. The van der Waals surface area contributed by atoms with Crippen molar-refractivity contribution >= 4 is 23.4 Å². The van der Waals surface area contributed by atoms with Crippen molar-refractivity contribution in [2.45, 2.75) is 45.3 Å². The van der Waals surface area contributed by atoms with Crippen LogP contribution in [0.25, 0.3) is 0 Å². The molecule has 1 atom stereocenters. The van der Waals surface area contributed by atoms with Gasteiger partial charge in [-0.15, -0.1) is 0 Å². The minimum Gasteiger partial charge on any atom is -0.444 e. The van der Waals surface area contributed by atoms with E-state index in [1.807, 2.05) is 45.0 Å². The van der Waals surface area contributed by atoms with Crippen molar-refractivity contribution in [1.29, 1.82) is 0 Å². The van der Waals surface area contributed by atoms with Gasteiger partial charge >= 0.3 is 6.09 Å². The number of nitrogens with zero attached hydrogens (tertiary/aromatic N) is 1. The smallest absolute Gasteiger partial charge is 0.407 e. The van der Waals surface area contributed by atoms with Gasteiger partial charge in [0.1, 0.15) is 5.60 Å². The van der Waals surface area contributed by atoms with Crippen molar-refractivity contribution in [2.75, 3.05) is 18.0 Å². The number of hydrogen-bond donors (Lipinski definition) is 1. The number of carbonyl (C=O) groups is 1. The van der Waals surface area contributed by atoms with Crippen LogP contribution in [0.1, 0.15) is 33.6 Å². The predicted molar refractivity (Wildman–Crippen MR) is 86.1 cm³/mol. The van der Waals surface area contributed by atoms with Crippen LogP contribution >= 0.6 is 11.6 Å². The Morgan fingerprint density at radius 2 is 2.19 bits per heavy atom. The highest BCUT2D eigenvalue weighted by atomic mass is 35.5. The number of halogens is 1. The average Bonchev–Trinajstić information content (AvgIpc) is 2.36. The number of amides is 1. The Balaban J connectivity index is 1.93. The monoisotopic (exact) mass is 310 g/mol. The number of alkyl carbamates (subject to hydrolysis) is 1. The Kier molecular flexibility index (Phi) is 4.99. The lowest BCUT2D eigenvalue weighted by Crippen LogP contribution is -2.49. The first-order valence-electron chi connectivity index (χ1n) is 7.33. The van der Waals surface area contributed by atoms with Crippen molar-refractivity contribution in [3.05, 3.63) is 29.3 Å². The molecule has 2 rings (SSSR count). The van der Waals surface area contributed by atoms with E-state index in [0.717, 1.165) is 36.6 Å². The lowest BCUT2D eigenvalue weighted by molar-refractivity contribution is 0.0500. The molecule has 5 heteroatoms. The molecule has 4 nitrogen and oxygen atoms in total. The van der Waals surface area contributed by atoms with Gasteiger partial charge in [-0.3, -0.25) is 0 Å². The summed E-state index contributed by atoms with van der Waals surface area (Å²) in [6.07, 6.45) is 1.66. The van der Waals surface area contributed by atoms with E-state index in [0.29, 0.717) is 0 Å². The maximum atomic E-state index is 11.9. The highest BCUT2D eigenvalue weighted by Gasteiger charge is 2.24. The molecule has 1 unspecified atom stereocenters. The van der Waals surface area contributed by atoms with Gasteiger partial charge in [-0.1, -0.05) is 17.7 Å². The molecule has 0 bridgehead atoms. The van der Waals surface area contributed by atoms with Gasteiger partial charge in [-0.25, -0.2) is 4.79 Å². The van der Waals surface area contributed by atoms with Crippen LogP contribution in [-0.4, -0.2) is 30.8 Å². The Morgan fingerprint density at radius 1 is 1.43 bits per heavy atom. The van der Waals surface area contributed by atoms with E-state index >= 15 is 0 Å². The summed E-state index contributed by atoms with van der Waals surface area (Å²) in [6.45, 7) is 7.36. The van der Waals surface area contributed by atoms with Crippen molar-refractivity contribution in [3.8, 4) is 0 Å². The quantitative estimate of drug-likeness (QED) is 0.902. The first-order chi connectivity index (χ1) is 9.83. The van der Waals surface area contributed by atoms with Gasteiger partial charge in [0.05, 0.1) is 0 Å². The Bertz CT molecular complexity index is 499. The Hall–Kier alpha value is -1.42. The van der Waals surface area contributed by atoms with Crippen molar-refractivity contribution in [1.82, 2.24) is 5.32 Å². The fourth-order valence-corrected chi connectivity index (χ4v) is 2.66. The van der Waals surface area contributed by atoms with E-state index in [1.165, 1.54) is 0 Å². The van der Waals surface area contributed by atoms with Crippen LogP contribution in [0.2, 0.25) is 5.02 Å². The number of rotatable bonds is 2. The summed E-state index contributed by atoms with van der Waals surface area (Å²) in [4.78, 5) is 14.1. The fraction of sp³-hybridized carbons (Fsp3) is 0.562. The van der Waals surface area contributed by atoms with Crippen LogP contribution in [-0.2, 0) is 4.74 Å². The molecule has 1 aromatic rings. The Morgan fingerprint density at radius 3 is 2.86 bits per heavy atom. The summed E-state index contributed by atoms with van der Waals surface area (Å²) >= 11 is 6.04. The van der Waals surface area contributed by atoms with E-state index < -0.39 is 5.60 Å². The van der Waals surface area contributed by atoms with Crippen LogP contribution in [0.15, 0.2) is 24.3 Å². The first-order valence-corrected chi connectivity index (χ1v) is 7.71. The number of hydrogen-bond acceptors (Lipinski definition) is 3. The minimum absolute atomic E-state index is 0.104. The molecule has 0 saturated carbocycles. The zero-order valence-electron chi connectivity index (χ0n) is 12.9. The summed E-state index contributed by atoms with van der Waals surface area (Å²) in [6, 6.07) is 7.92. The van der Waals surface area contributed by atoms with Crippen LogP contribution in [0, 0.1) is 0 Å². The second-order valence-corrected chi connectivity index (χ2v) is 6.85. The van der Waals surface area contributed by atoms with E-state index in [9.17, 15) is 4.79 Å². The predicted octanol–water partition coefficient (Wildman–Crippen LogP) is 3.83. The van der Waals surface area contributed by atoms with Crippen molar-refractivity contribution in [3.63, 3.8) is 0 Å². The molecule has 1 heterocycles. The van der Waals surface area contributed by atoms with Gasteiger partial charge in [-0.05, 0) is 51.8 Å². The zero-order valence-corrected chi connectivity index (χ0v) is 13.6. The van der Waals surface area contributed by atoms with Gasteiger partial charge in [0.2, 0.25) is 0 Å². The molecule has 1 aliphatic rings. The second-order valence-electron chi connectivity index (χ2n) is 6.41. The molecule has 1 aromatic carbocycles. The second kappa shape index (κ2) is 6.56. The van der Waals surface area contributed by atoms with Gasteiger partial charge in [0, 0.05) is 29.8 Å². The summed E-state index contributed by atoms with van der Waals surface area (Å²) in [7, 11) is 0. The average molecular weight is 311 g/mol. The number of benzene rings is 1. The fourth-order valence-electron chi connectivity index (χ4n) is 2.48. The lowest BCUT2D eigenvalue weighted by atomic mass is 10.1. The third-order valence-electron chi connectivity index (χ3n) is 3.32. The largest absolute Gasteiger partial charge is 0.444 e. The molecule has 1 aliphatic heterocycles. The zero-order chi connectivity index (χ0) is 15.5. The molecule has 0 radical (unpaired) electrons. The van der Waals surface area contributed by atoms with Crippen LogP contribution in [0.5, 0.6) is 0 Å². The topological polar surface area (TPSA) is 41.6 Å². The van der Waals surface area contributed by atoms with E-state index in [1.54, 1.807) is 0 Å². The molecule has 1 saturated heterocycles. The van der Waals surface area contributed by atoms with Gasteiger partial charge < -0.3 is 15.0 Å². The Labute approximate surface area is 131 Å². The molecule has 0 aliphatic carbocycles. The molecule has 1 N–H and O–H groups in total. The van der Waals surface area contributed by atoms with Gasteiger partial charge in [-0.2, -0.15) is 0 Å². The molecular formula is C16H23ClN2O2. The summed E-state index contributed by atoms with van der Waals surface area (Å²) in [5.41, 5.74) is 0.629. The molecule has 21 heavy (non-hydrogen) atoms. The SMILES string of the molecule is CC(C)(C)OC(=O)NC1CCCN(c2cccc(Cl)c2)C1. The molecule has 1 fully saturated rings. The van der Waals surface area contributed by atoms with Crippen molar-refractivity contribution in [2.24, 2.45) is 0 Å². The molecule has 0 aromatic heterocycles. The summed E-state index contributed by atoms with van der Waals surface area (Å²) in [5.74, 6) is 0. The van der Waals surface area contributed by atoms with Crippen LogP contribution < -0.4 is 10.2 Å². The molecule has 116 valence electrons. The van der Waals surface area contributed by atoms with Gasteiger partial charge in [0.15, 0.2) is 0 Å². The minimum atomic E-state index is -0.467. The maximum Gasteiger partial charge on any atom is 0.407 e. The van der Waals surface area contributed by atoms with Crippen LogP contribution in [0.3, 0.4) is 0 Å². The summed E-state index contributed by atoms with van der Waals surface area (Å²) in [5, 5.41) is 3.69. The van der Waals surface area contributed by atoms with Crippen molar-refractivity contribution < 1.29 is 9.53 Å². The molecule has 0 spiro atoms. The lowest BCUT2D eigenvalue weighted by Gasteiger charge is -2.35. The maximum absolute atomic E-state index is 11.9. The number of anilines is 1. The van der Waals surface area contributed by atoms with Gasteiger partial charge in [0.25, 0.3) is 0 Å². The molecular weight excluding hydrogens is 288 g/mol. The standard InChI is InChI=1S/C16H23ClN2O2/c1-16(2,3)21-15(20)18-13-7-5-9-19(11-13)14-8-4-6-12(17)10-14/h4,6,8,10,13H,5,7,9,11H2,1-3H3,(H,18,20). The highest BCUT2D eigenvalue weighted by molar-refractivity contribution is 6.30. The summed E-state index contributed by atoms with van der Waals surface area (Å²) < 4.78 is 5.31. The number of piperidine rings is 1. The third-order valence-corrected chi connectivity index (χ3v) is 3.55. The third kappa shape index (κ3) is 5.12. The van der Waals surface area contributed by atoms with E-state index in [4.69, 9.17) is 16.3 Å². The van der Waals surface area contributed by atoms with E-state index in [2.05, 4.69) is 10.2 Å². The number of carbonyl (C=O) groups excluding carboxylic acids is 1. The molecule has 1 amide bonds. The van der Waals surface area contributed by atoms with E-state index in [-0.39, 0.29) is 12.1 Å². The number of ether oxygens (including phenoxy) is 1. The van der Waals surface area contributed by atoms with Crippen LogP contribution in [0.4, 0.5) is 10.5 Å². The normalized spacial score (nSPS) is 19.2. The first kappa shape index (κ1) is 16.0. The number of nitrogens with one attached hydrogen (secondary N) is 1.